The molecule has 138 valence electrons. The summed E-state index contributed by atoms with van der Waals surface area (Å²) in [6.45, 7) is 2.72. The van der Waals surface area contributed by atoms with Crippen LogP contribution in [0.3, 0.4) is 0 Å². The molecule has 5 nitrogen and oxygen atoms in total. The van der Waals surface area contributed by atoms with E-state index in [1.165, 1.54) is 18.3 Å². The molecule has 0 unspecified atom stereocenters. The lowest BCUT2D eigenvalue weighted by atomic mass is 10.1. The maximum absolute atomic E-state index is 13.3. The SMILES string of the molecule is CCOC(=O)CCCCCNC(=O)c1ccc(-c2cccc(F)c2)nc1. The topological polar surface area (TPSA) is 68.3 Å². The van der Waals surface area contributed by atoms with E-state index in [2.05, 4.69) is 10.3 Å². The van der Waals surface area contributed by atoms with E-state index in [9.17, 15) is 14.0 Å². The van der Waals surface area contributed by atoms with Crippen LogP contribution in [-0.4, -0.2) is 30.0 Å². The normalized spacial score (nSPS) is 10.4. The fourth-order valence-electron chi connectivity index (χ4n) is 2.45. The first kappa shape index (κ1) is 19.6. The number of nitrogens with zero attached hydrogens (tertiary/aromatic N) is 1. The van der Waals surface area contributed by atoms with Crippen LogP contribution in [0.15, 0.2) is 42.6 Å². The molecule has 1 amide bonds. The second-order valence-electron chi connectivity index (χ2n) is 5.81. The van der Waals surface area contributed by atoms with Crippen LogP contribution in [0.1, 0.15) is 43.0 Å². The van der Waals surface area contributed by atoms with Crippen LogP contribution < -0.4 is 5.32 Å². The van der Waals surface area contributed by atoms with Crippen molar-refractivity contribution in [2.75, 3.05) is 13.2 Å². The molecule has 0 bridgehead atoms. The van der Waals surface area contributed by atoms with E-state index in [0.29, 0.717) is 36.4 Å². The lowest BCUT2D eigenvalue weighted by Gasteiger charge is -2.06. The summed E-state index contributed by atoms with van der Waals surface area (Å²) in [6, 6.07) is 9.53. The average Bonchev–Trinajstić information content (AvgIpc) is 2.64. The molecule has 1 N–H and O–H groups in total. The van der Waals surface area contributed by atoms with Crippen LogP contribution in [0.25, 0.3) is 11.3 Å². The fourth-order valence-corrected chi connectivity index (χ4v) is 2.45. The minimum absolute atomic E-state index is 0.180. The zero-order valence-electron chi connectivity index (χ0n) is 14.8. The number of aromatic nitrogens is 1. The van der Waals surface area contributed by atoms with Gasteiger partial charge in [-0.1, -0.05) is 18.6 Å². The van der Waals surface area contributed by atoms with Crippen molar-refractivity contribution in [1.82, 2.24) is 10.3 Å². The molecule has 0 spiro atoms. The highest BCUT2D eigenvalue weighted by Crippen LogP contribution is 2.17. The summed E-state index contributed by atoms with van der Waals surface area (Å²) < 4.78 is 18.1. The number of carbonyl (C=O) groups excluding carboxylic acids is 2. The molecule has 0 saturated carbocycles. The summed E-state index contributed by atoms with van der Waals surface area (Å²) in [5, 5.41) is 2.83. The molecule has 26 heavy (non-hydrogen) atoms. The van der Waals surface area contributed by atoms with Gasteiger partial charge in [-0.2, -0.15) is 0 Å². The van der Waals surface area contributed by atoms with E-state index in [0.717, 1.165) is 19.3 Å². The summed E-state index contributed by atoms with van der Waals surface area (Å²) in [7, 11) is 0. The average molecular weight is 358 g/mol. The van der Waals surface area contributed by atoms with Gasteiger partial charge in [-0.25, -0.2) is 4.39 Å². The van der Waals surface area contributed by atoms with E-state index < -0.39 is 0 Å². The zero-order valence-corrected chi connectivity index (χ0v) is 14.8. The Morgan fingerprint density at radius 3 is 2.69 bits per heavy atom. The van der Waals surface area contributed by atoms with Crippen molar-refractivity contribution in [2.24, 2.45) is 0 Å². The summed E-state index contributed by atoms with van der Waals surface area (Å²) in [5.74, 6) is -0.705. The number of nitrogens with one attached hydrogen (secondary N) is 1. The number of benzene rings is 1. The predicted molar refractivity (Wildman–Crippen MR) is 97.1 cm³/mol. The second-order valence-corrected chi connectivity index (χ2v) is 5.81. The molecule has 0 aliphatic heterocycles. The van der Waals surface area contributed by atoms with Crippen LogP contribution in [0.5, 0.6) is 0 Å². The number of hydrogen-bond acceptors (Lipinski definition) is 4. The first-order chi connectivity index (χ1) is 12.6. The molecule has 0 atom stereocenters. The van der Waals surface area contributed by atoms with Gasteiger partial charge in [0.1, 0.15) is 5.82 Å². The van der Waals surface area contributed by atoms with Gasteiger partial charge in [-0.05, 0) is 44.0 Å². The van der Waals surface area contributed by atoms with Gasteiger partial charge in [-0.15, -0.1) is 0 Å². The van der Waals surface area contributed by atoms with Gasteiger partial charge in [-0.3, -0.25) is 14.6 Å². The van der Waals surface area contributed by atoms with Gasteiger partial charge >= 0.3 is 5.97 Å². The van der Waals surface area contributed by atoms with Crippen molar-refractivity contribution < 1.29 is 18.7 Å². The van der Waals surface area contributed by atoms with Crippen LogP contribution in [0.4, 0.5) is 4.39 Å². The maximum atomic E-state index is 13.3. The number of carbonyl (C=O) groups is 2. The molecule has 1 aromatic carbocycles. The molecule has 0 aliphatic rings. The predicted octanol–water partition coefficient (Wildman–Crippen LogP) is 3.74. The summed E-state index contributed by atoms with van der Waals surface area (Å²) in [4.78, 5) is 27.5. The number of halogens is 1. The lowest BCUT2D eigenvalue weighted by Crippen LogP contribution is -2.24. The Morgan fingerprint density at radius 2 is 2.00 bits per heavy atom. The minimum Gasteiger partial charge on any atom is -0.466 e. The van der Waals surface area contributed by atoms with Gasteiger partial charge in [0.2, 0.25) is 0 Å². The van der Waals surface area contributed by atoms with Crippen molar-refractivity contribution in [3.8, 4) is 11.3 Å². The molecule has 2 rings (SSSR count). The first-order valence-corrected chi connectivity index (χ1v) is 8.76. The van der Waals surface area contributed by atoms with E-state index in [1.54, 1.807) is 31.2 Å². The van der Waals surface area contributed by atoms with Crippen molar-refractivity contribution >= 4 is 11.9 Å². The summed E-state index contributed by atoms with van der Waals surface area (Å²) >= 11 is 0. The number of esters is 1. The standard InChI is InChI=1S/C20H23FN2O3/c1-2-26-19(24)9-4-3-5-12-22-20(25)16-10-11-18(23-14-16)15-7-6-8-17(21)13-15/h6-8,10-11,13-14H,2-5,9,12H2,1H3,(H,22,25). The van der Waals surface area contributed by atoms with Gasteiger partial charge < -0.3 is 10.1 Å². The Bertz CT molecular complexity index is 732. The Kier molecular flexibility index (Phi) is 7.74. The van der Waals surface area contributed by atoms with Gasteiger partial charge in [0.25, 0.3) is 5.91 Å². The molecule has 2 aromatic rings. The highest BCUT2D eigenvalue weighted by Gasteiger charge is 2.07. The van der Waals surface area contributed by atoms with E-state index in [-0.39, 0.29) is 17.7 Å². The first-order valence-electron chi connectivity index (χ1n) is 8.76. The number of pyridine rings is 1. The Morgan fingerprint density at radius 1 is 1.15 bits per heavy atom. The smallest absolute Gasteiger partial charge is 0.305 e. The van der Waals surface area contributed by atoms with Crippen LogP contribution in [0, 0.1) is 5.82 Å². The maximum Gasteiger partial charge on any atom is 0.305 e. The molecule has 1 aromatic heterocycles. The fraction of sp³-hybridized carbons (Fsp3) is 0.350. The number of rotatable bonds is 9. The molecule has 1 heterocycles. The summed E-state index contributed by atoms with van der Waals surface area (Å²) in [6.07, 6.45) is 4.28. The van der Waals surface area contributed by atoms with Crippen molar-refractivity contribution in [3.63, 3.8) is 0 Å². The molecule has 0 saturated heterocycles. The molecule has 6 heteroatoms. The van der Waals surface area contributed by atoms with Crippen molar-refractivity contribution in [3.05, 3.63) is 54.0 Å². The molecular weight excluding hydrogens is 335 g/mol. The highest BCUT2D eigenvalue weighted by atomic mass is 19.1. The van der Waals surface area contributed by atoms with E-state index in [4.69, 9.17) is 4.74 Å². The minimum atomic E-state index is -0.325. The lowest BCUT2D eigenvalue weighted by molar-refractivity contribution is -0.143. The Balaban J connectivity index is 1.73. The molecule has 0 aliphatic carbocycles. The van der Waals surface area contributed by atoms with Crippen LogP contribution >= 0.6 is 0 Å². The monoisotopic (exact) mass is 358 g/mol. The van der Waals surface area contributed by atoms with Gasteiger partial charge in [0.15, 0.2) is 0 Å². The van der Waals surface area contributed by atoms with E-state index >= 15 is 0 Å². The highest BCUT2D eigenvalue weighted by molar-refractivity contribution is 5.94. The van der Waals surface area contributed by atoms with E-state index in [1.807, 2.05) is 0 Å². The number of unbranched alkanes of at least 4 members (excludes halogenated alkanes) is 2. The van der Waals surface area contributed by atoms with Crippen LogP contribution in [0.2, 0.25) is 0 Å². The Labute approximate surface area is 152 Å². The number of hydrogen-bond donors (Lipinski definition) is 1. The second kappa shape index (κ2) is 10.3. The summed E-state index contributed by atoms with van der Waals surface area (Å²) in [5.41, 5.74) is 1.73. The third kappa shape index (κ3) is 6.27. The zero-order chi connectivity index (χ0) is 18.8. The Hall–Kier alpha value is -2.76. The third-order valence-electron chi connectivity index (χ3n) is 3.79. The third-order valence-corrected chi connectivity index (χ3v) is 3.79. The molecule has 0 fully saturated rings. The molecule has 0 radical (unpaired) electrons. The molecular formula is C20H23FN2O3. The van der Waals surface area contributed by atoms with Crippen molar-refractivity contribution in [2.45, 2.75) is 32.6 Å². The van der Waals surface area contributed by atoms with Gasteiger partial charge in [0.05, 0.1) is 17.9 Å². The number of ether oxygens (including phenoxy) is 1. The largest absolute Gasteiger partial charge is 0.466 e. The van der Waals surface area contributed by atoms with Gasteiger partial charge in [0, 0.05) is 24.7 Å². The number of amides is 1. The van der Waals surface area contributed by atoms with Crippen molar-refractivity contribution in [1.29, 1.82) is 0 Å². The van der Waals surface area contributed by atoms with Crippen LogP contribution in [-0.2, 0) is 9.53 Å². The quantitative estimate of drug-likeness (QED) is 0.548.